The average molecular weight is 587 g/mol. The summed E-state index contributed by atoms with van der Waals surface area (Å²) in [6.07, 6.45) is 2.87. The molecule has 1 aliphatic heterocycles. The molecule has 0 aliphatic carbocycles. The van der Waals surface area contributed by atoms with Crippen LogP contribution in [0.5, 0.6) is 17.4 Å². The molecule has 0 fully saturated rings. The van der Waals surface area contributed by atoms with Crippen LogP contribution < -0.4 is 24.4 Å². The van der Waals surface area contributed by atoms with Gasteiger partial charge in [0.2, 0.25) is 5.88 Å². The van der Waals surface area contributed by atoms with E-state index in [1.807, 2.05) is 31.2 Å². The number of hydrogen-bond acceptors (Lipinski definition) is 10. The van der Waals surface area contributed by atoms with E-state index in [-0.39, 0.29) is 23.7 Å². The van der Waals surface area contributed by atoms with Crippen LogP contribution in [-0.4, -0.2) is 33.7 Å². The second-order valence-corrected chi connectivity index (χ2v) is 10.1. The molecule has 0 saturated heterocycles. The van der Waals surface area contributed by atoms with E-state index in [1.54, 1.807) is 44.2 Å². The van der Waals surface area contributed by atoms with E-state index in [9.17, 15) is 19.7 Å². The summed E-state index contributed by atoms with van der Waals surface area (Å²) in [5, 5.41) is 10.8. The summed E-state index contributed by atoms with van der Waals surface area (Å²) in [6, 6.07) is 16.3. The van der Waals surface area contributed by atoms with E-state index in [1.165, 1.54) is 28.0 Å². The van der Waals surface area contributed by atoms with Crippen LogP contribution in [0.25, 0.3) is 6.08 Å². The topological polar surface area (TPSA) is 135 Å². The molecule has 42 heavy (non-hydrogen) atoms. The van der Waals surface area contributed by atoms with Crippen molar-refractivity contribution in [1.82, 2.24) is 9.55 Å². The molecule has 4 aromatic rings. The van der Waals surface area contributed by atoms with E-state index in [0.717, 1.165) is 17.3 Å². The minimum Gasteiger partial charge on any atom is -0.494 e. The van der Waals surface area contributed by atoms with Gasteiger partial charge in [-0.25, -0.2) is 14.8 Å². The number of nitro groups is 1. The van der Waals surface area contributed by atoms with Crippen molar-refractivity contribution < 1.29 is 23.9 Å². The van der Waals surface area contributed by atoms with Crippen LogP contribution in [0.15, 0.2) is 87.9 Å². The maximum atomic E-state index is 13.8. The number of nitrogens with zero attached hydrogens (tertiary/aromatic N) is 4. The highest BCUT2D eigenvalue weighted by atomic mass is 32.1. The van der Waals surface area contributed by atoms with E-state index < -0.39 is 16.9 Å². The highest BCUT2D eigenvalue weighted by Crippen LogP contribution is 2.31. The quantitative estimate of drug-likeness (QED) is 0.161. The molecule has 0 saturated carbocycles. The van der Waals surface area contributed by atoms with Crippen LogP contribution in [0.2, 0.25) is 0 Å². The number of carbonyl (C=O) groups is 1. The molecule has 0 spiro atoms. The van der Waals surface area contributed by atoms with Crippen molar-refractivity contribution in [3.8, 4) is 17.4 Å². The lowest BCUT2D eigenvalue weighted by atomic mass is 9.96. The lowest BCUT2D eigenvalue weighted by Gasteiger charge is -2.24. The maximum absolute atomic E-state index is 13.8. The number of fused-ring (bicyclic) bond motifs is 1. The molecule has 2 aromatic heterocycles. The molecular formula is C30H26N4O7S. The molecule has 214 valence electrons. The number of aromatic nitrogens is 2. The van der Waals surface area contributed by atoms with Crippen LogP contribution >= 0.6 is 11.3 Å². The molecule has 1 aliphatic rings. The van der Waals surface area contributed by atoms with Crippen LogP contribution in [0.1, 0.15) is 37.9 Å². The number of hydrogen-bond donors (Lipinski definition) is 0. The molecule has 0 amide bonds. The highest BCUT2D eigenvalue weighted by Gasteiger charge is 2.33. The standard InChI is InChI=1S/C30H26N4O7S/c1-4-39-22-13-8-20(9-14-22)27-26(29(36)40-5-2)18(3)32-30-33(27)28(35)24(42-30)16-19-6-11-23(12-7-19)41-25-15-10-21(17-31-25)34(37)38/h6-17,27H,4-5H2,1-3H3/b24-16+/t27-/m1/s1. The Morgan fingerprint density at radius 1 is 1.05 bits per heavy atom. The number of carbonyl (C=O) groups excluding carboxylic acids is 1. The first-order valence-electron chi connectivity index (χ1n) is 13.1. The van der Waals surface area contributed by atoms with Crippen molar-refractivity contribution in [2.45, 2.75) is 26.8 Å². The summed E-state index contributed by atoms with van der Waals surface area (Å²) >= 11 is 1.23. The first-order valence-corrected chi connectivity index (χ1v) is 13.9. The Kier molecular flexibility index (Phi) is 8.25. The van der Waals surface area contributed by atoms with Crippen molar-refractivity contribution in [3.05, 3.63) is 119 Å². The molecule has 0 unspecified atom stereocenters. The second-order valence-electron chi connectivity index (χ2n) is 9.09. The fraction of sp³-hybridized carbons (Fsp3) is 0.200. The van der Waals surface area contributed by atoms with E-state index >= 15 is 0 Å². The van der Waals surface area contributed by atoms with Crippen molar-refractivity contribution >= 4 is 29.1 Å². The number of benzene rings is 2. The van der Waals surface area contributed by atoms with E-state index in [0.29, 0.717) is 38.7 Å². The maximum Gasteiger partial charge on any atom is 0.338 e. The lowest BCUT2D eigenvalue weighted by Crippen LogP contribution is -2.39. The third-order valence-electron chi connectivity index (χ3n) is 6.36. The minimum atomic E-state index is -0.719. The third kappa shape index (κ3) is 5.84. The van der Waals surface area contributed by atoms with Gasteiger partial charge in [0.25, 0.3) is 11.2 Å². The molecule has 3 heterocycles. The van der Waals surface area contributed by atoms with Gasteiger partial charge in [-0.2, -0.15) is 0 Å². The molecule has 11 nitrogen and oxygen atoms in total. The number of allylic oxidation sites excluding steroid dienone is 1. The molecule has 5 rings (SSSR count). The predicted molar refractivity (Wildman–Crippen MR) is 155 cm³/mol. The third-order valence-corrected chi connectivity index (χ3v) is 7.34. The summed E-state index contributed by atoms with van der Waals surface area (Å²) in [7, 11) is 0. The minimum absolute atomic E-state index is 0.131. The SMILES string of the molecule is CCOC(=O)C1=C(C)N=c2s/c(=C/c3ccc(Oc4ccc([N+](=O)[O-])cn4)cc3)c(=O)n2[C@@H]1c1ccc(OCC)cc1. The molecule has 0 bridgehead atoms. The Hall–Kier alpha value is -5.10. The van der Waals surface area contributed by atoms with Gasteiger partial charge < -0.3 is 14.2 Å². The van der Waals surface area contributed by atoms with Gasteiger partial charge in [-0.3, -0.25) is 19.5 Å². The number of thiazole rings is 1. The zero-order chi connectivity index (χ0) is 29.8. The monoisotopic (exact) mass is 586 g/mol. The normalized spacial score (nSPS) is 14.6. The highest BCUT2D eigenvalue weighted by molar-refractivity contribution is 7.07. The average Bonchev–Trinajstić information content (AvgIpc) is 3.28. The van der Waals surface area contributed by atoms with E-state index in [4.69, 9.17) is 14.2 Å². The Balaban J connectivity index is 1.50. The predicted octanol–water partition coefficient (Wildman–Crippen LogP) is 4.29. The molecular weight excluding hydrogens is 560 g/mol. The zero-order valence-electron chi connectivity index (χ0n) is 23.0. The van der Waals surface area contributed by atoms with Gasteiger partial charge in [0.15, 0.2) is 4.80 Å². The van der Waals surface area contributed by atoms with Crippen molar-refractivity contribution in [1.29, 1.82) is 0 Å². The van der Waals surface area contributed by atoms with Gasteiger partial charge in [-0.15, -0.1) is 0 Å². The molecule has 2 aromatic carbocycles. The van der Waals surface area contributed by atoms with Gasteiger partial charge in [0.1, 0.15) is 17.7 Å². The molecule has 0 radical (unpaired) electrons. The second kappa shape index (κ2) is 12.2. The van der Waals surface area contributed by atoms with Crippen molar-refractivity contribution in [2.24, 2.45) is 4.99 Å². The fourth-order valence-corrected chi connectivity index (χ4v) is 5.51. The summed E-state index contributed by atoms with van der Waals surface area (Å²) in [5.74, 6) is 0.845. The van der Waals surface area contributed by atoms with Gasteiger partial charge in [0.05, 0.1) is 40.0 Å². The van der Waals surface area contributed by atoms with E-state index in [2.05, 4.69) is 9.98 Å². The van der Waals surface area contributed by atoms with Gasteiger partial charge in [-0.1, -0.05) is 35.6 Å². The number of pyridine rings is 1. The number of esters is 1. The zero-order valence-corrected chi connectivity index (χ0v) is 23.8. The summed E-state index contributed by atoms with van der Waals surface area (Å²) in [6.45, 7) is 6.07. The fourth-order valence-electron chi connectivity index (χ4n) is 4.47. The first kappa shape index (κ1) is 28.4. The number of ether oxygens (including phenoxy) is 3. The Morgan fingerprint density at radius 3 is 2.38 bits per heavy atom. The van der Waals surface area contributed by atoms with Crippen molar-refractivity contribution in [3.63, 3.8) is 0 Å². The van der Waals surface area contributed by atoms with Gasteiger partial charge >= 0.3 is 5.97 Å². The van der Waals surface area contributed by atoms with Gasteiger partial charge in [0, 0.05) is 12.1 Å². The summed E-state index contributed by atoms with van der Waals surface area (Å²) in [4.78, 5) is 46.2. The largest absolute Gasteiger partial charge is 0.494 e. The molecule has 0 N–H and O–H groups in total. The van der Waals surface area contributed by atoms with Crippen LogP contribution in [-0.2, 0) is 9.53 Å². The molecule has 1 atom stereocenters. The van der Waals surface area contributed by atoms with Crippen molar-refractivity contribution in [2.75, 3.05) is 13.2 Å². The van der Waals surface area contributed by atoms with Crippen LogP contribution in [0.3, 0.4) is 0 Å². The van der Waals surface area contributed by atoms with Crippen LogP contribution in [0, 0.1) is 10.1 Å². The van der Waals surface area contributed by atoms with Gasteiger partial charge in [-0.05, 0) is 62.2 Å². The Labute approximate surface area is 243 Å². The first-order chi connectivity index (χ1) is 20.3. The van der Waals surface area contributed by atoms with Crippen LogP contribution in [0.4, 0.5) is 5.69 Å². The number of rotatable bonds is 9. The summed E-state index contributed by atoms with van der Waals surface area (Å²) < 4.78 is 18.6. The summed E-state index contributed by atoms with van der Waals surface area (Å²) in [5.41, 5.74) is 1.84. The lowest BCUT2D eigenvalue weighted by molar-refractivity contribution is -0.385. The Bertz CT molecular complexity index is 1840. The Morgan fingerprint density at radius 2 is 1.76 bits per heavy atom. The smallest absolute Gasteiger partial charge is 0.338 e. The molecule has 12 heteroatoms.